The van der Waals surface area contributed by atoms with Crippen molar-refractivity contribution in [2.45, 2.75) is 26.2 Å². The van der Waals surface area contributed by atoms with E-state index in [0.717, 1.165) is 9.32 Å². The quantitative estimate of drug-likeness (QED) is 0.760. The van der Waals surface area contributed by atoms with Crippen LogP contribution in [0.15, 0.2) is 36.8 Å². The van der Waals surface area contributed by atoms with Crippen LogP contribution in [0.2, 0.25) is 0 Å². The highest BCUT2D eigenvalue weighted by Gasteiger charge is 2.13. The van der Waals surface area contributed by atoms with Gasteiger partial charge >= 0.3 is 0 Å². The Labute approximate surface area is 121 Å². The summed E-state index contributed by atoms with van der Waals surface area (Å²) in [6.45, 7) is 6.57. The molecule has 3 nitrogen and oxygen atoms in total. The summed E-state index contributed by atoms with van der Waals surface area (Å²) in [5.41, 5.74) is 1.44. The van der Waals surface area contributed by atoms with Gasteiger partial charge in [-0.3, -0.25) is 0 Å². The van der Waals surface area contributed by atoms with Crippen LogP contribution in [0, 0.1) is 3.57 Å². The van der Waals surface area contributed by atoms with Gasteiger partial charge in [-0.05, 0) is 45.7 Å². The van der Waals surface area contributed by atoms with Crippen molar-refractivity contribution in [3.63, 3.8) is 0 Å². The molecule has 0 atom stereocenters. The number of hydrogen-bond donors (Lipinski definition) is 0. The first-order chi connectivity index (χ1) is 8.47. The number of ether oxygens (including phenoxy) is 1. The number of rotatable bonds is 2. The Bertz CT molecular complexity index is 532. The zero-order valence-electron chi connectivity index (χ0n) is 10.6. The topological polar surface area (TPSA) is 35.0 Å². The number of benzene rings is 1. The van der Waals surface area contributed by atoms with Crippen molar-refractivity contribution < 1.29 is 4.74 Å². The number of hydrogen-bond acceptors (Lipinski definition) is 3. The lowest BCUT2D eigenvalue weighted by molar-refractivity contribution is 0.456. The maximum atomic E-state index is 5.72. The van der Waals surface area contributed by atoms with Crippen molar-refractivity contribution in [3.05, 3.63) is 45.9 Å². The highest BCUT2D eigenvalue weighted by Crippen LogP contribution is 2.27. The maximum absolute atomic E-state index is 5.72. The molecule has 4 heteroatoms. The minimum atomic E-state index is 0.155. The number of nitrogens with zero attached hydrogens (tertiary/aromatic N) is 2. The van der Waals surface area contributed by atoms with Crippen LogP contribution in [-0.4, -0.2) is 9.97 Å². The van der Waals surface area contributed by atoms with Gasteiger partial charge in [-0.2, -0.15) is 0 Å². The van der Waals surface area contributed by atoms with Gasteiger partial charge in [0, 0.05) is 6.20 Å². The number of halogens is 1. The Kier molecular flexibility index (Phi) is 3.85. The van der Waals surface area contributed by atoms with Crippen LogP contribution in [-0.2, 0) is 5.41 Å². The Morgan fingerprint density at radius 1 is 1.11 bits per heavy atom. The first-order valence-corrected chi connectivity index (χ1v) is 6.78. The molecular weight excluding hydrogens is 339 g/mol. The van der Waals surface area contributed by atoms with Crippen molar-refractivity contribution in [2.24, 2.45) is 0 Å². The second-order valence-corrected chi connectivity index (χ2v) is 6.21. The van der Waals surface area contributed by atoms with Crippen LogP contribution in [0.1, 0.15) is 26.3 Å². The maximum Gasteiger partial charge on any atom is 0.235 e. The molecule has 1 heterocycles. The van der Waals surface area contributed by atoms with Gasteiger partial charge in [-0.15, -0.1) is 0 Å². The van der Waals surface area contributed by atoms with E-state index in [1.54, 1.807) is 6.20 Å². The van der Waals surface area contributed by atoms with E-state index in [9.17, 15) is 0 Å². The lowest BCUT2D eigenvalue weighted by Crippen LogP contribution is -2.10. The first-order valence-electron chi connectivity index (χ1n) is 5.71. The first kappa shape index (κ1) is 13.3. The molecule has 0 aliphatic rings. The third-order valence-electron chi connectivity index (χ3n) is 2.57. The molecule has 18 heavy (non-hydrogen) atoms. The Morgan fingerprint density at radius 2 is 1.78 bits per heavy atom. The highest BCUT2D eigenvalue weighted by molar-refractivity contribution is 14.1. The molecule has 0 amide bonds. The second kappa shape index (κ2) is 5.22. The fraction of sp³-hybridized carbons (Fsp3) is 0.286. The van der Waals surface area contributed by atoms with Crippen molar-refractivity contribution in [1.82, 2.24) is 9.97 Å². The molecular formula is C14H15IN2O. The van der Waals surface area contributed by atoms with Gasteiger partial charge in [0.05, 0.1) is 3.57 Å². The third-order valence-corrected chi connectivity index (χ3v) is 3.31. The predicted octanol–water partition coefficient (Wildman–Crippen LogP) is 4.17. The molecule has 0 radical (unpaired) electrons. The predicted molar refractivity (Wildman–Crippen MR) is 80.0 cm³/mol. The summed E-state index contributed by atoms with van der Waals surface area (Å²) < 4.78 is 6.62. The molecule has 0 N–H and O–H groups in total. The standard InChI is InChI=1S/C14H15IN2O/c1-14(2,3)10-4-6-11(7-5-10)18-13-12(15)8-16-9-17-13/h4-9H,1-3H3. The average molecular weight is 354 g/mol. The van der Waals surface area contributed by atoms with Crippen molar-refractivity contribution in [1.29, 1.82) is 0 Å². The van der Waals surface area contributed by atoms with Gasteiger partial charge < -0.3 is 4.74 Å². The minimum absolute atomic E-state index is 0.155. The Balaban J connectivity index is 2.19. The minimum Gasteiger partial charge on any atom is -0.438 e. The lowest BCUT2D eigenvalue weighted by Gasteiger charge is -2.19. The van der Waals surface area contributed by atoms with Crippen molar-refractivity contribution >= 4 is 22.6 Å². The summed E-state index contributed by atoms with van der Waals surface area (Å²) in [4.78, 5) is 8.04. The molecule has 1 aromatic carbocycles. The van der Waals surface area contributed by atoms with Crippen molar-refractivity contribution in [3.8, 4) is 11.6 Å². The molecule has 0 aliphatic carbocycles. The zero-order valence-corrected chi connectivity index (χ0v) is 12.8. The van der Waals surface area contributed by atoms with Crippen molar-refractivity contribution in [2.75, 3.05) is 0 Å². The highest BCUT2D eigenvalue weighted by atomic mass is 127. The lowest BCUT2D eigenvalue weighted by atomic mass is 9.87. The summed E-state index contributed by atoms with van der Waals surface area (Å²) in [6.07, 6.45) is 3.22. The molecule has 0 aliphatic heterocycles. The molecule has 94 valence electrons. The summed E-state index contributed by atoms with van der Waals surface area (Å²) in [5, 5.41) is 0. The van der Waals surface area contributed by atoms with Gasteiger partial charge in [0.25, 0.3) is 0 Å². The molecule has 0 saturated heterocycles. The van der Waals surface area contributed by atoms with Gasteiger partial charge in [-0.25, -0.2) is 9.97 Å². The summed E-state index contributed by atoms with van der Waals surface area (Å²) in [5.74, 6) is 1.38. The van der Waals surface area contributed by atoms with Crippen LogP contribution in [0.25, 0.3) is 0 Å². The second-order valence-electron chi connectivity index (χ2n) is 5.05. The molecule has 2 aromatic rings. The van der Waals surface area contributed by atoms with Crippen LogP contribution in [0.3, 0.4) is 0 Å². The van der Waals surface area contributed by atoms with E-state index in [1.165, 1.54) is 11.9 Å². The normalized spacial score (nSPS) is 11.3. The number of aromatic nitrogens is 2. The van der Waals surface area contributed by atoms with Gasteiger partial charge in [0.15, 0.2) is 0 Å². The van der Waals surface area contributed by atoms with Gasteiger partial charge in [0.1, 0.15) is 12.1 Å². The molecule has 0 unspecified atom stereocenters. The Hall–Kier alpha value is -1.17. The van der Waals surface area contributed by atoms with E-state index in [0.29, 0.717) is 5.88 Å². The third kappa shape index (κ3) is 3.19. The average Bonchev–Trinajstić information content (AvgIpc) is 2.32. The molecule has 0 saturated carbocycles. The fourth-order valence-electron chi connectivity index (χ4n) is 1.51. The van der Waals surface area contributed by atoms with E-state index in [2.05, 4.69) is 65.5 Å². The monoisotopic (exact) mass is 354 g/mol. The summed E-state index contributed by atoms with van der Waals surface area (Å²) >= 11 is 2.16. The smallest absolute Gasteiger partial charge is 0.235 e. The van der Waals surface area contributed by atoms with Crippen LogP contribution < -0.4 is 4.74 Å². The summed E-state index contributed by atoms with van der Waals surface area (Å²) in [6, 6.07) is 8.12. The molecule has 2 rings (SSSR count). The fourth-order valence-corrected chi connectivity index (χ4v) is 1.92. The summed E-state index contributed by atoms with van der Waals surface area (Å²) in [7, 11) is 0. The van der Waals surface area contributed by atoms with E-state index < -0.39 is 0 Å². The van der Waals surface area contributed by atoms with E-state index in [1.807, 2.05) is 12.1 Å². The molecule has 1 aromatic heterocycles. The molecule has 0 bridgehead atoms. The van der Waals surface area contributed by atoms with Crippen LogP contribution >= 0.6 is 22.6 Å². The SMILES string of the molecule is CC(C)(C)c1ccc(Oc2ncncc2I)cc1. The van der Waals surface area contributed by atoms with E-state index >= 15 is 0 Å². The zero-order chi connectivity index (χ0) is 13.2. The molecule has 0 fully saturated rings. The van der Waals surface area contributed by atoms with E-state index in [4.69, 9.17) is 4.74 Å². The largest absolute Gasteiger partial charge is 0.438 e. The van der Waals surface area contributed by atoms with Crippen LogP contribution in [0.4, 0.5) is 0 Å². The Morgan fingerprint density at radius 3 is 2.33 bits per heavy atom. The van der Waals surface area contributed by atoms with Gasteiger partial charge in [0.2, 0.25) is 5.88 Å². The van der Waals surface area contributed by atoms with E-state index in [-0.39, 0.29) is 5.41 Å². The molecule has 0 spiro atoms. The van der Waals surface area contributed by atoms with Gasteiger partial charge in [-0.1, -0.05) is 32.9 Å². The van der Waals surface area contributed by atoms with Crippen LogP contribution in [0.5, 0.6) is 11.6 Å².